The first-order valence-corrected chi connectivity index (χ1v) is 7.33. The van der Waals surface area contributed by atoms with Crippen molar-refractivity contribution in [2.24, 2.45) is 0 Å². The van der Waals surface area contributed by atoms with E-state index in [1.54, 1.807) is 0 Å². The quantitative estimate of drug-likeness (QED) is 0.370. The summed E-state index contributed by atoms with van der Waals surface area (Å²) in [4.78, 5) is 15.1. The van der Waals surface area contributed by atoms with Gasteiger partial charge in [0, 0.05) is 0 Å². The fourth-order valence-electron chi connectivity index (χ4n) is 1.85. The molecule has 18 heavy (non-hydrogen) atoms. The molecule has 108 valence electrons. The molecule has 0 fully saturated rings. The predicted octanol–water partition coefficient (Wildman–Crippen LogP) is 3.51. The fourth-order valence-corrected chi connectivity index (χ4v) is 1.85. The molecule has 0 heterocycles. The smallest absolute Gasteiger partial charge is 0.319 e. The van der Waals surface area contributed by atoms with Gasteiger partial charge in [-0.25, -0.2) is 0 Å². The molecule has 0 aromatic rings. The lowest BCUT2D eigenvalue weighted by Gasteiger charge is -2.04. The summed E-state index contributed by atoms with van der Waals surface area (Å²) in [7, 11) is 0. The molecular weight excluding hydrogens is 230 g/mol. The molecule has 0 saturated heterocycles. The van der Waals surface area contributed by atoms with Crippen LogP contribution >= 0.6 is 0 Å². The van der Waals surface area contributed by atoms with Crippen molar-refractivity contribution in [1.82, 2.24) is 5.48 Å². The van der Waals surface area contributed by atoms with Crippen LogP contribution in [-0.4, -0.2) is 24.2 Å². The number of rotatable bonds is 14. The number of hydroxylamine groups is 1. The Kier molecular flexibility index (Phi) is 14.0. The van der Waals surface area contributed by atoms with E-state index in [0.29, 0.717) is 6.61 Å². The molecule has 0 saturated carbocycles. The van der Waals surface area contributed by atoms with Gasteiger partial charge in [0.15, 0.2) is 0 Å². The van der Waals surface area contributed by atoms with Gasteiger partial charge in [-0.05, 0) is 6.42 Å². The Hall–Kier alpha value is -0.610. The van der Waals surface area contributed by atoms with Crippen molar-refractivity contribution in [2.45, 2.75) is 71.1 Å². The van der Waals surface area contributed by atoms with Gasteiger partial charge < -0.3 is 9.94 Å². The molecule has 0 radical (unpaired) electrons. The zero-order valence-electron chi connectivity index (χ0n) is 11.7. The van der Waals surface area contributed by atoms with Crippen LogP contribution in [0.4, 0.5) is 0 Å². The fraction of sp³-hybridized carbons (Fsp3) is 0.929. The monoisotopic (exact) mass is 259 g/mol. The van der Waals surface area contributed by atoms with Crippen LogP contribution in [0.5, 0.6) is 0 Å². The molecule has 0 bridgehead atoms. The van der Waals surface area contributed by atoms with Gasteiger partial charge in [-0.2, -0.15) is 5.48 Å². The zero-order chi connectivity index (χ0) is 13.5. The molecular formula is C14H29NO3. The maximum Gasteiger partial charge on any atom is 0.319 e. The van der Waals surface area contributed by atoms with Crippen LogP contribution in [0.25, 0.3) is 0 Å². The molecule has 0 unspecified atom stereocenters. The highest BCUT2D eigenvalue weighted by Gasteiger charge is 1.95. The molecule has 0 aromatic carbocycles. The minimum atomic E-state index is -0.891. The minimum Gasteiger partial charge on any atom is -0.480 e. The largest absolute Gasteiger partial charge is 0.480 e. The summed E-state index contributed by atoms with van der Waals surface area (Å²) in [5.74, 6) is -0.891. The summed E-state index contributed by atoms with van der Waals surface area (Å²) < 4.78 is 0. The minimum absolute atomic E-state index is 0.127. The van der Waals surface area contributed by atoms with Gasteiger partial charge in [-0.15, -0.1) is 0 Å². The van der Waals surface area contributed by atoms with Crippen molar-refractivity contribution < 1.29 is 14.7 Å². The first-order chi connectivity index (χ1) is 8.77. The number of aliphatic carboxylic acids is 1. The molecule has 0 rings (SSSR count). The van der Waals surface area contributed by atoms with Crippen molar-refractivity contribution >= 4 is 5.97 Å². The highest BCUT2D eigenvalue weighted by Crippen LogP contribution is 2.10. The lowest BCUT2D eigenvalue weighted by atomic mass is 10.1. The number of carboxylic acids is 1. The first kappa shape index (κ1) is 17.4. The topological polar surface area (TPSA) is 58.6 Å². The van der Waals surface area contributed by atoms with Crippen LogP contribution in [0.15, 0.2) is 0 Å². The third kappa shape index (κ3) is 15.4. The third-order valence-corrected chi connectivity index (χ3v) is 2.93. The van der Waals surface area contributed by atoms with E-state index in [0.717, 1.165) is 6.42 Å². The van der Waals surface area contributed by atoms with E-state index < -0.39 is 5.97 Å². The van der Waals surface area contributed by atoms with E-state index >= 15 is 0 Å². The summed E-state index contributed by atoms with van der Waals surface area (Å²) in [6.07, 6.45) is 12.9. The van der Waals surface area contributed by atoms with Crippen LogP contribution in [0.1, 0.15) is 71.1 Å². The maximum atomic E-state index is 10.2. The van der Waals surface area contributed by atoms with Crippen LogP contribution < -0.4 is 5.48 Å². The SMILES string of the molecule is CCCCCCCCCCCCONCC(=O)O. The molecule has 0 aliphatic heterocycles. The zero-order valence-corrected chi connectivity index (χ0v) is 11.7. The molecule has 0 atom stereocenters. The number of hydrogen-bond donors (Lipinski definition) is 2. The molecule has 0 aliphatic carbocycles. The molecule has 0 amide bonds. The van der Waals surface area contributed by atoms with Crippen LogP contribution in [0.3, 0.4) is 0 Å². The van der Waals surface area contributed by atoms with Gasteiger partial charge in [0.1, 0.15) is 6.54 Å². The van der Waals surface area contributed by atoms with Gasteiger partial charge in [0.2, 0.25) is 0 Å². The Morgan fingerprint density at radius 3 is 1.94 bits per heavy atom. The molecule has 0 spiro atoms. The summed E-state index contributed by atoms with van der Waals surface area (Å²) in [6, 6.07) is 0. The molecule has 0 aromatic heterocycles. The lowest BCUT2D eigenvalue weighted by molar-refractivity contribution is -0.138. The second kappa shape index (κ2) is 14.5. The van der Waals surface area contributed by atoms with E-state index in [2.05, 4.69) is 12.4 Å². The van der Waals surface area contributed by atoms with Crippen molar-refractivity contribution in [2.75, 3.05) is 13.2 Å². The van der Waals surface area contributed by atoms with Crippen LogP contribution in [-0.2, 0) is 9.63 Å². The summed E-state index contributed by atoms with van der Waals surface area (Å²) in [5.41, 5.74) is 2.42. The molecule has 0 aliphatic rings. The number of unbranched alkanes of at least 4 members (excludes halogenated alkanes) is 9. The predicted molar refractivity (Wildman–Crippen MR) is 73.4 cm³/mol. The van der Waals surface area contributed by atoms with Gasteiger partial charge in [-0.3, -0.25) is 4.79 Å². The first-order valence-electron chi connectivity index (χ1n) is 7.33. The van der Waals surface area contributed by atoms with Crippen molar-refractivity contribution in [3.8, 4) is 0 Å². The number of carboxylic acid groups (broad SMARTS) is 1. The summed E-state index contributed by atoms with van der Waals surface area (Å²) in [6.45, 7) is 2.72. The molecule has 2 N–H and O–H groups in total. The maximum absolute atomic E-state index is 10.2. The van der Waals surface area contributed by atoms with Gasteiger partial charge >= 0.3 is 5.97 Å². The van der Waals surface area contributed by atoms with Crippen molar-refractivity contribution in [3.63, 3.8) is 0 Å². The Morgan fingerprint density at radius 2 is 1.44 bits per heavy atom. The van der Waals surface area contributed by atoms with E-state index in [1.165, 1.54) is 57.8 Å². The molecule has 4 heteroatoms. The Labute approximate surface area is 111 Å². The lowest BCUT2D eigenvalue weighted by Crippen LogP contribution is -2.23. The average molecular weight is 259 g/mol. The average Bonchev–Trinajstić information content (AvgIpc) is 2.34. The Bertz CT molecular complexity index is 186. The number of nitrogens with one attached hydrogen (secondary N) is 1. The summed E-state index contributed by atoms with van der Waals surface area (Å²) in [5, 5.41) is 8.35. The second-order valence-corrected chi connectivity index (χ2v) is 4.75. The third-order valence-electron chi connectivity index (χ3n) is 2.93. The van der Waals surface area contributed by atoms with E-state index in [4.69, 9.17) is 9.94 Å². The van der Waals surface area contributed by atoms with E-state index in [1.807, 2.05) is 0 Å². The number of carbonyl (C=O) groups is 1. The Morgan fingerprint density at radius 1 is 0.944 bits per heavy atom. The van der Waals surface area contributed by atoms with Gasteiger partial charge in [-0.1, -0.05) is 64.7 Å². The second-order valence-electron chi connectivity index (χ2n) is 4.75. The highest BCUT2D eigenvalue weighted by molar-refractivity contribution is 5.68. The van der Waals surface area contributed by atoms with E-state index in [9.17, 15) is 4.79 Å². The number of hydrogen-bond acceptors (Lipinski definition) is 3. The highest BCUT2D eigenvalue weighted by atomic mass is 16.6. The standard InChI is InChI=1S/C14H29NO3/c1-2-3-4-5-6-7-8-9-10-11-12-18-15-13-14(16)17/h15H,2-13H2,1H3,(H,16,17). The van der Waals surface area contributed by atoms with Gasteiger partial charge in [0.25, 0.3) is 0 Å². The summed E-state index contributed by atoms with van der Waals surface area (Å²) >= 11 is 0. The van der Waals surface area contributed by atoms with Crippen LogP contribution in [0, 0.1) is 0 Å². The normalized spacial score (nSPS) is 10.7. The van der Waals surface area contributed by atoms with Crippen molar-refractivity contribution in [3.05, 3.63) is 0 Å². The van der Waals surface area contributed by atoms with Gasteiger partial charge in [0.05, 0.1) is 6.61 Å². The Balaban J connectivity index is 2.92. The van der Waals surface area contributed by atoms with Crippen LogP contribution in [0.2, 0.25) is 0 Å². The van der Waals surface area contributed by atoms with E-state index in [-0.39, 0.29) is 6.54 Å². The molecule has 4 nitrogen and oxygen atoms in total. The van der Waals surface area contributed by atoms with Crippen molar-refractivity contribution in [1.29, 1.82) is 0 Å².